The Kier molecular flexibility index (Phi) is 5.73. The van der Waals surface area contributed by atoms with Gasteiger partial charge in [-0.25, -0.2) is 22.9 Å². The van der Waals surface area contributed by atoms with Gasteiger partial charge >= 0.3 is 11.7 Å². The summed E-state index contributed by atoms with van der Waals surface area (Å²) in [6, 6.07) is 7.62. The molecular weight excluding hydrogens is 458 g/mol. The summed E-state index contributed by atoms with van der Waals surface area (Å²) in [5, 5.41) is 10.3. The molecule has 2 aromatic heterocycles. The smallest absolute Gasteiger partial charge is 0.337 e. The molecule has 2 N–H and O–H groups in total. The Morgan fingerprint density at radius 3 is 2.64 bits per heavy atom. The van der Waals surface area contributed by atoms with E-state index >= 15 is 0 Å². The number of aromatic amines is 1. The van der Waals surface area contributed by atoms with Crippen molar-refractivity contribution >= 4 is 27.5 Å². The highest BCUT2D eigenvalue weighted by Gasteiger charge is 2.22. The fraction of sp³-hybridized carbons (Fsp3) is 0.136. The number of benzene rings is 2. The van der Waals surface area contributed by atoms with Crippen LogP contribution in [0, 0.1) is 11.6 Å². The number of carboxylic acid groups (broad SMARTS) is 1. The van der Waals surface area contributed by atoms with Crippen molar-refractivity contribution in [1.29, 1.82) is 0 Å². The zero-order valence-electron chi connectivity index (χ0n) is 17.2. The highest BCUT2D eigenvalue weighted by molar-refractivity contribution is 7.17. The summed E-state index contributed by atoms with van der Waals surface area (Å²) < 4.78 is 40.5. The quantitative estimate of drug-likeness (QED) is 0.439. The van der Waals surface area contributed by atoms with Crippen LogP contribution in [-0.2, 0) is 0 Å². The Morgan fingerprint density at radius 1 is 1.18 bits per heavy atom. The largest absolute Gasteiger partial charge is 0.496 e. The Morgan fingerprint density at radius 2 is 1.94 bits per heavy atom. The molecule has 170 valence electrons. The van der Waals surface area contributed by atoms with Gasteiger partial charge < -0.3 is 14.6 Å². The molecule has 0 fully saturated rings. The lowest BCUT2D eigenvalue weighted by Crippen LogP contribution is -2.34. The lowest BCUT2D eigenvalue weighted by molar-refractivity contribution is 0.0699. The Labute approximate surface area is 188 Å². The number of rotatable bonds is 6. The van der Waals surface area contributed by atoms with Crippen molar-refractivity contribution in [3.63, 3.8) is 0 Å². The molecule has 0 aliphatic carbocycles. The number of methoxy groups -OCH3 is 1. The third-order valence-electron chi connectivity index (χ3n) is 4.97. The lowest BCUT2D eigenvalue weighted by atomic mass is 10.1. The Balaban J connectivity index is 1.82. The molecule has 0 bridgehead atoms. The lowest BCUT2D eigenvalue weighted by Gasteiger charge is -2.19. The molecule has 0 aliphatic heterocycles. The number of nitrogens with zero attached hydrogens (tertiary/aromatic N) is 1. The van der Waals surface area contributed by atoms with Gasteiger partial charge in [0.25, 0.3) is 5.56 Å². The number of aromatic carboxylic acids is 1. The van der Waals surface area contributed by atoms with Crippen LogP contribution >= 0.6 is 11.3 Å². The second-order valence-corrected chi connectivity index (χ2v) is 7.84. The number of hydrogen-bond donors (Lipinski definition) is 2. The summed E-state index contributed by atoms with van der Waals surface area (Å²) in [4.78, 5) is 39.5. The van der Waals surface area contributed by atoms with Crippen LogP contribution in [0.25, 0.3) is 15.9 Å². The van der Waals surface area contributed by atoms with E-state index in [1.165, 1.54) is 30.7 Å². The van der Waals surface area contributed by atoms with Gasteiger partial charge in [0.1, 0.15) is 34.1 Å². The highest BCUT2D eigenvalue weighted by atomic mass is 32.1. The number of aromatic nitrogens is 2. The molecule has 0 saturated heterocycles. The van der Waals surface area contributed by atoms with Crippen molar-refractivity contribution in [3.8, 4) is 17.2 Å². The summed E-state index contributed by atoms with van der Waals surface area (Å²) >= 11 is 0.877. The molecule has 2 aromatic carbocycles. The number of carboxylic acids is 1. The summed E-state index contributed by atoms with van der Waals surface area (Å²) in [6.45, 7) is 1.56. The predicted octanol–water partition coefficient (Wildman–Crippen LogP) is 3.87. The normalized spacial score (nSPS) is 12.0. The number of thiophene rings is 1. The van der Waals surface area contributed by atoms with Gasteiger partial charge in [-0.2, -0.15) is 0 Å². The molecule has 11 heteroatoms. The number of halogens is 2. The number of H-pyrrole nitrogens is 1. The predicted molar refractivity (Wildman–Crippen MR) is 117 cm³/mol. The van der Waals surface area contributed by atoms with E-state index in [1.807, 2.05) is 0 Å². The average Bonchev–Trinajstić information content (AvgIpc) is 3.19. The fourth-order valence-electron chi connectivity index (χ4n) is 3.49. The van der Waals surface area contributed by atoms with Crippen LogP contribution < -0.4 is 20.7 Å². The van der Waals surface area contributed by atoms with Gasteiger partial charge in [0.15, 0.2) is 0 Å². The first-order chi connectivity index (χ1) is 15.7. The molecule has 0 aliphatic rings. The van der Waals surface area contributed by atoms with E-state index < -0.39 is 40.6 Å². The van der Waals surface area contributed by atoms with E-state index in [-0.39, 0.29) is 32.8 Å². The zero-order valence-corrected chi connectivity index (χ0v) is 18.0. The number of hydrogen-bond acceptors (Lipinski definition) is 6. The minimum atomic E-state index is -1.36. The molecule has 0 saturated carbocycles. The van der Waals surface area contributed by atoms with E-state index in [0.717, 1.165) is 23.5 Å². The van der Waals surface area contributed by atoms with Crippen LogP contribution in [-0.4, -0.2) is 27.7 Å². The van der Waals surface area contributed by atoms with Crippen molar-refractivity contribution in [2.75, 3.05) is 7.11 Å². The summed E-state index contributed by atoms with van der Waals surface area (Å²) in [7, 11) is 1.38. The van der Waals surface area contributed by atoms with E-state index in [4.69, 9.17) is 9.47 Å². The van der Waals surface area contributed by atoms with E-state index in [9.17, 15) is 28.3 Å². The zero-order chi connectivity index (χ0) is 23.9. The molecule has 0 spiro atoms. The van der Waals surface area contributed by atoms with Gasteiger partial charge in [0, 0.05) is 11.4 Å². The Hall–Kier alpha value is -3.99. The standard InChI is InChI=1S/C22H16F2N2O6S/c1-10(17-14(24)4-3-5-16(17)31-2)32-11-6-7-13(23)15(8-11)26-20(27)18-12(21(28)29)9-33-19(18)25-22(26)30/h3-10H,1-2H3,(H,25,30)(H,28,29). The minimum Gasteiger partial charge on any atom is -0.496 e. The van der Waals surface area contributed by atoms with Crippen molar-refractivity contribution in [3.05, 3.63) is 85.4 Å². The number of ether oxygens (including phenoxy) is 2. The van der Waals surface area contributed by atoms with E-state index in [1.54, 1.807) is 13.0 Å². The van der Waals surface area contributed by atoms with Crippen LogP contribution in [0.3, 0.4) is 0 Å². The molecule has 0 amide bonds. The highest BCUT2D eigenvalue weighted by Crippen LogP contribution is 2.32. The van der Waals surface area contributed by atoms with E-state index in [0.29, 0.717) is 4.57 Å². The van der Waals surface area contributed by atoms with Gasteiger partial charge in [-0.15, -0.1) is 11.3 Å². The third kappa shape index (κ3) is 3.87. The molecule has 4 rings (SSSR count). The Bertz CT molecular complexity index is 1510. The average molecular weight is 474 g/mol. The van der Waals surface area contributed by atoms with Crippen molar-refractivity contribution in [2.45, 2.75) is 13.0 Å². The van der Waals surface area contributed by atoms with Gasteiger partial charge in [0.05, 0.1) is 29.3 Å². The maximum atomic E-state index is 14.7. The molecule has 4 aromatic rings. The third-order valence-corrected chi connectivity index (χ3v) is 5.87. The SMILES string of the molecule is COc1cccc(F)c1C(C)Oc1ccc(F)c(-n2c(=O)[nH]c3scc(C(=O)O)c3c2=O)c1. The summed E-state index contributed by atoms with van der Waals surface area (Å²) in [6.07, 6.45) is -0.868. The maximum Gasteiger partial charge on any atom is 0.337 e. The molecule has 2 heterocycles. The van der Waals surface area contributed by atoms with Crippen molar-refractivity contribution in [1.82, 2.24) is 9.55 Å². The first kappa shape index (κ1) is 22.2. The second-order valence-electron chi connectivity index (χ2n) is 6.96. The molecular formula is C22H16F2N2O6S. The van der Waals surface area contributed by atoms with Gasteiger partial charge in [-0.05, 0) is 31.2 Å². The fourth-order valence-corrected chi connectivity index (χ4v) is 4.40. The summed E-state index contributed by atoms with van der Waals surface area (Å²) in [5.41, 5.74) is -2.57. The van der Waals surface area contributed by atoms with E-state index in [2.05, 4.69) is 4.98 Å². The van der Waals surface area contributed by atoms with Gasteiger partial charge in [-0.1, -0.05) is 6.07 Å². The monoisotopic (exact) mass is 474 g/mol. The van der Waals surface area contributed by atoms with Crippen LogP contribution in [0.5, 0.6) is 11.5 Å². The first-order valence-corrected chi connectivity index (χ1v) is 10.4. The molecule has 8 nitrogen and oxygen atoms in total. The molecule has 33 heavy (non-hydrogen) atoms. The maximum absolute atomic E-state index is 14.7. The molecule has 1 atom stereocenters. The van der Waals surface area contributed by atoms with Gasteiger partial charge in [0.2, 0.25) is 0 Å². The second kappa shape index (κ2) is 8.51. The topological polar surface area (TPSA) is 111 Å². The van der Waals surface area contributed by atoms with Crippen LogP contribution in [0.4, 0.5) is 8.78 Å². The van der Waals surface area contributed by atoms with Gasteiger partial charge in [-0.3, -0.25) is 9.78 Å². The molecule has 1 unspecified atom stereocenters. The van der Waals surface area contributed by atoms with Crippen LogP contribution in [0.2, 0.25) is 0 Å². The number of carbonyl (C=O) groups is 1. The number of nitrogens with one attached hydrogen (secondary N) is 1. The minimum absolute atomic E-state index is 0.0411. The van der Waals surface area contributed by atoms with Crippen LogP contribution in [0.1, 0.15) is 28.9 Å². The first-order valence-electron chi connectivity index (χ1n) is 9.51. The number of fused-ring (bicyclic) bond motifs is 1. The summed E-state index contributed by atoms with van der Waals surface area (Å²) in [5.74, 6) is -2.55. The van der Waals surface area contributed by atoms with Crippen molar-refractivity contribution in [2.24, 2.45) is 0 Å². The van der Waals surface area contributed by atoms with Crippen LogP contribution in [0.15, 0.2) is 51.4 Å². The van der Waals surface area contributed by atoms with Crippen molar-refractivity contribution < 1.29 is 28.2 Å². The molecule has 0 radical (unpaired) electrons.